The van der Waals surface area contributed by atoms with Gasteiger partial charge >= 0.3 is 55.3 Å². The van der Waals surface area contributed by atoms with Crippen LogP contribution < -0.4 is 11.5 Å². The first-order chi connectivity index (χ1) is 6.79. The molecule has 0 aliphatic carbocycles. The van der Waals surface area contributed by atoms with Gasteiger partial charge in [-0.3, -0.25) is 9.97 Å². The van der Waals surface area contributed by atoms with E-state index < -0.39 is 0 Å². The van der Waals surface area contributed by atoms with Crippen molar-refractivity contribution in [3.05, 3.63) is 49.1 Å². The standard InChI is InChI=1S/2C5H6N2.2Hg/c2*6-5-2-1-3-7-4-5;;/h2*1-4H,6H2;;/q;;2*+2. The summed E-state index contributed by atoms with van der Waals surface area (Å²) in [5.41, 5.74) is 12.0. The van der Waals surface area contributed by atoms with Crippen molar-refractivity contribution in [1.29, 1.82) is 0 Å². The Morgan fingerprint density at radius 3 is 1.25 bits per heavy atom. The molecule has 2 heterocycles. The first-order valence-corrected chi connectivity index (χ1v) is 4.10. The molecule has 4 nitrogen and oxygen atoms in total. The molecule has 0 atom stereocenters. The van der Waals surface area contributed by atoms with Gasteiger partial charge in [-0.15, -0.1) is 0 Å². The van der Waals surface area contributed by atoms with Crippen molar-refractivity contribution in [3.8, 4) is 0 Å². The maximum atomic E-state index is 5.30. The van der Waals surface area contributed by atoms with Gasteiger partial charge in [0.15, 0.2) is 0 Å². The first-order valence-electron chi connectivity index (χ1n) is 4.10. The summed E-state index contributed by atoms with van der Waals surface area (Å²) in [6.07, 6.45) is 6.60. The van der Waals surface area contributed by atoms with Crippen LogP contribution in [0.3, 0.4) is 0 Å². The fourth-order valence-corrected chi connectivity index (χ4v) is 0.752. The molecule has 2 aromatic rings. The van der Waals surface area contributed by atoms with E-state index in [1.165, 1.54) is 0 Å². The van der Waals surface area contributed by atoms with Gasteiger partial charge in [-0.25, -0.2) is 0 Å². The Bertz CT molecular complexity index is 318. The van der Waals surface area contributed by atoms with E-state index in [1.54, 1.807) is 49.1 Å². The van der Waals surface area contributed by atoms with E-state index in [4.69, 9.17) is 11.5 Å². The van der Waals surface area contributed by atoms with Gasteiger partial charge in [-0.2, -0.15) is 0 Å². The topological polar surface area (TPSA) is 77.8 Å². The summed E-state index contributed by atoms with van der Waals surface area (Å²) in [6.45, 7) is 0. The molecule has 0 saturated heterocycles. The molecule has 0 aliphatic rings. The van der Waals surface area contributed by atoms with E-state index in [1.807, 2.05) is 0 Å². The average molecular weight is 589 g/mol. The smallest absolute Gasteiger partial charge is 0.397 e. The number of pyridine rings is 2. The first kappa shape index (κ1) is 18.1. The third-order valence-electron chi connectivity index (χ3n) is 1.37. The van der Waals surface area contributed by atoms with E-state index in [0.717, 1.165) is 0 Å². The van der Waals surface area contributed by atoms with Crippen molar-refractivity contribution in [2.24, 2.45) is 0 Å². The third kappa shape index (κ3) is 9.03. The van der Waals surface area contributed by atoms with E-state index in [2.05, 4.69) is 9.97 Å². The van der Waals surface area contributed by atoms with Gasteiger partial charge < -0.3 is 11.5 Å². The number of nitrogens with two attached hydrogens (primary N) is 2. The zero-order chi connectivity index (χ0) is 10.2. The molecular formula is C10H12Hg2N4+4. The molecule has 0 unspecified atom stereocenters. The van der Waals surface area contributed by atoms with Gasteiger partial charge in [-0.05, 0) is 24.3 Å². The number of rotatable bonds is 0. The fraction of sp³-hybridized carbons (Fsp3) is 0. The molecule has 0 aliphatic heterocycles. The second kappa shape index (κ2) is 11.3. The number of aromatic nitrogens is 2. The number of anilines is 2. The summed E-state index contributed by atoms with van der Waals surface area (Å²) in [6, 6.07) is 7.20. The molecule has 0 bridgehead atoms. The molecule has 0 spiro atoms. The Morgan fingerprint density at radius 2 is 1.12 bits per heavy atom. The molecule has 0 fully saturated rings. The third-order valence-corrected chi connectivity index (χ3v) is 1.37. The largest absolute Gasteiger partial charge is 2.00 e. The van der Waals surface area contributed by atoms with Crippen LogP contribution in [0.1, 0.15) is 0 Å². The van der Waals surface area contributed by atoms with E-state index in [9.17, 15) is 0 Å². The summed E-state index contributed by atoms with van der Waals surface area (Å²) in [5, 5.41) is 0. The van der Waals surface area contributed by atoms with Crippen LogP contribution in [0.4, 0.5) is 11.4 Å². The minimum atomic E-state index is 0. The Kier molecular flexibility index (Phi) is 12.8. The normalized spacial score (nSPS) is 7.50. The van der Waals surface area contributed by atoms with Crippen LogP contribution in [-0.2, 0) is 55.3 Å². The van der Waals surface area contributed by atoms with Crippen molar-refractivity contribution < 1.29 is 55.3 Å². The molecule has 16 heavy (non-hydrogen) atoms. The fourth-order valence-electron chi connectivity index (χ4n) is 0.752. The molecule has 0 saturated carbocycles. The molecule has 4 N–H and O–H groups in total. The summed E-state index contributed by atoms with van der Waals surface area (Å²) in [7, 11) is 0. The van der Waals surface area contributed by atoms with E-state index in [-0.39, 0.29) is 55.3 Å². The maximum Gasteiger partial charge on any atom is 2.00 e. The van der Waals surface area contributed by atoms with Crippen LogP contribution in [0, 0.1) is 0 Å². The van der Waals surface area contributed by atoms with Crippen LogP contribution in [0.25, 0.3) is 0 Å². The number of hydrogen-bond donors (Lipinski definition) is 2. The van der Waals surface area contributed by atoms with Gasteiger partial charge in [0.2, 0.25) is 0 Å². The quantitative estimate of drug-likeness (QED) is 0.455. The van der Waals surface area contributed by atoms with Crippen LogP contribution in [0.2, 0.25) is 0 Å². The predicted octanol–water partition coefficient (Wildman–Crippen LogP) is 1.32. The zero-order valence-corrected chi connectivity index (χ0v) is 20.1. The monoisotopic (exact) mass is 592 g/mol. The maximum absolute atomic E-state index is 5.30. The summed E-state index contributed by atoms with van der Waals surface area (Å²) >= 11 is 0. The summed E-state index contributed by atoms with van der Waals surface area (Å²) < 4.78 is 0. The summed E-state index contributed by atoms with van der Waals surface area (Å²) in [5.74, 6) is 0. The Hall–Kier alpha value is -0.230. The Balaban J connectivity index is 0. The molecule has 2 aromatic heterocycles. The van der Waals surface area contributed by atoms with Crippen LogP contribution >= 0.6 is 0 Å². The molecule has 0 radical (unpaired) electrons. The van der Waals surface area contributed by atoms with Crippen molar-refractivity contribution in [2.75, 3.05) is 11.5 Å². The minimum absolute atomic E-state index is 0. The Labute approximate surface area is 136 Å². The second-order valence-electron chi connectivity index (χ2n) is 2.57. The Morgan fingerprint density at radius 1 is 0.750 bits per heavy atom. The minimum Gasteiger partial charge on any atom is -0.397 e. The number of nitrogen functional groups attached to an aromatic ring is 2. The average Bonchev–Trinajstić information content (AvgIpc) is 2.21. The SMILES string of the molecule is Nc1cccnc1.Nc1cccnc1.[Hg+2].[Hg+2]. The molecule has 2 rings (SSSR count). The van der Waals surface area contributed by atoms with Gasteiger partial charge in [0, 0.05) is 24.8 Å². The van der Waals surface area contributed by atoms with Gasteiger partial charge in [0.25, 0.3) is 0 Å². The molecule has 0 aromatic carbocycles. The molecule has 6 heteroatoms. The van der Waals surface area contributed by atoms with Crippen molar-refractivity contribution in [2.45, 2.75) is 0 Å². The number of hydrogen-bond acceptors (Lipinski definition) is 4. The van der Waals surface area contributed by atoms with Crippen molar-refractivity contribution >= 4 is 11.4 Å². The van der Waals surface area contributed by atoms with Gasteiger partial charge in [0.1, 0.15) is 0 Å². The van der Waals surface area contributed by atoms with Crippen LogP contribution in [0.15, 0.2) is 49.1 Å². The van der Waals surface area contributed by atoms with Gasteiger partial charge in [0.05, 0.1) is 11.4 Å². The van der Waals surface area contributed by atoms with Gasteiger partial charge in [-0.1, -0.05) is 0 Å². The molecule has 72 valence electrons. The van der Waals surface area contributed by atoms with Crippen LogP contribution in [-0.4, -0.2) is 9.97 Å². The van der Waals surface area contributed by atoms with Crippen molar-refractivity contribution in [3.63, 3.8) is 0 Å². The number of nitrogens with zero attached hydrogens (tertiary/aromatic N) is 2. The predicted molar refractivity (Wildman–Crippen MR) is 57.3 cm³/mol. The molecular weight excluding hydrogens is 577 g/mol. The zero-order valence-electron chi connectivity index (χ0n) is 9.08. The second-order valence-corrected chi connectivity index (χ2v) is 2.57. The summed E-state index contributed by atoms with van der Waals surface area (Å²) in [4.78, 5) is 7.52. The van der Waals surface area contributed by atoms with E-state index >= 15 is 0 Å². The molecule has 0 amide bonds. The van der Waals surface area contributed by atoms with Crippen molar-refractivity contribution in [1.82, 2.24) is 9.97 Å². The van der Waals surface area contributed by atoms with E-state index in [0.29, 0.717) is 11.4 Å². The van der Waals surface area contributed by atoms with Crippen LogP contribution in [0.5, 0.6) is 0 Å².